The third kappa shape index (κ3) is 1.93. The largest absolute Gasteiger partial charge is 0.508 e. The van der Waals surface area contributed by atoms with Crippen molar-refractivity contribution in [2.75, 3.05) is 6.61 Å². The summed E-state index contributed by atoms with van der Waals surface area (Å²) in [7, 11) is 0. The van der Waals surface area contributed by atoms with Crippen molar-refractivity contribution in [1.29, 1.82) is 0 Å². The Morgan fingerprint density at radius 2 is 2.07 bits per heavy atom. The summed E-state index contributed by atoms with van der Waals surface area (Å²) in [5.41, 5.74) is 5.37. The highest BCUT2D eigenvalue weighted by Crippen LogP contribution is 2.24. The number of phenolic OH excluding ortho intramolecular Hbond substituents is 1. The van der Waals surface area contributed by atoms with E-state index in [1.165, 1.54) is 0 Å². The van der Waals surface area contributed by atoms with Crippen molar-refractivity contribution < 1.29 is 14.6 Å². The molecule has 0 radical (unpaired) electrons. The van der Waals surface area contributed by atoms with Gasteiger partial charge in [0.05, 0.1) is 0 Å². The maximum Gasteiger partial charge on any atom is 0.260 e. The highest BCUT2D eigenvalue weighted by atomic mass is 16.5. The molecule has 1 saturated heterocycles. The Labute approximate surface area is 87.0 Å². The topological polar surface area (TPSA) is 70.6 Å². The van der Waals surface area contributed by atoms with Crippen LogP contribution in [0.4, 0.5) is 0 Å². The fraction of sp³-hybridized carbons (Fsp3) is 0.300. The van der Waals surface area contributed by atoms with Crippen LogP contribution in [0.1, 0.15) is 12.5 Å². The summed E-state index contributed by atoms with van der Waals surface area (Å²) in [4.78, 5) is 10.9. The first kappa shape index (κ1) is 9.95. The van der Waals surface area contributed by atoms with Gasteiger partial charge in [-0.05, 0) is 19.1 Å². The van der Waals surface area contributed by atoms with Gasteiger partial charge in [0.15, 0.2) is 5.72 Å². The summed E-state index contributed by atoms with van der Waals surface area (Å²) in [5, 5.41) is 9.15. The van der Waals surface area contributed by atoms with E-state index < -0.39 is 5.72 Å². The second-order valence-corrected chi connectivity index (χ2v) is 3.54. The first-order valence-electron chi connectivity index (χ1n) is 4.60. The molecule has 5 heteroatoms. The molecule has 1 aromatic rings. The molecule has 0 bridgehead atoms. The van der Waals surface area contributed by atoms with Crippen LogP contribution >= 0.6 is 0 Å². The number of carbonyl (C=O) groups excluding carboxylic acids is 1. The molecule has 1 heterocycles. The van der Waals surface area contributed by atoms with Gasteiger partial charge < -0.3 is 9.84 Å². The maximum absolute atomic E-state index is 10.9. The molecule has 1 aromatic carbocycles. The van der Waals surface area contributed by atoms with Gasteiger partial charge in [-0.2, -0.15) is 5.43 Å². The van der Waals surface area contributed by atoms with Crippen molar-refractivity contribution in [3.05, 3.63) is 29.8 Å². The van der Waals surface area contributed by atoms with Crippen LogP contribution in [0.3, 0.4) is 0 Å². The van der Waals surface area contributed by atoms with Gasteiger partial charge in [-0.1, -0.05) is 12.1 Å². The van der Waals surface area contributed by atoms with E-state index >= 15 is 0 Å². The average Bonchev–Trinajstić information content (AvgIpc) is 2.24. The van der Waals surface area contributed by atoms with E-state index in [9.17, 15) is 4.79 Å². The molecule has 5 nitrogen and oxygen atoms in total. The van der Waals surface area contributed by atoms with Crippen LogP contribution in [-0.4, -0.2) is 17.6 Å². The summed E-state index contributed by atoms with van der Waals surface area (Å²) in [6.07, 6.45) is 0. The zero-order valence-electron chi connectivity index (χ0n) is 8.28. The molecule has 80 valence electrons. The number of amides is 1. The number of aromatic hydroxyl groups is 1. The molecule has 0 unspecified atom stereocenters. The minimum atomic E-state index is -0.748. The Morgan fingerprint density at radius 1 is 1.40 bits per heavy atom. The van der Waals surface area contributed by atoms with Gasteiger partial charge in [0.25, 0.3) is 5.91 Å². The monoisotopic (exact) mass is 208 g/mol. The van der Waals surface area contributed by atoms with Gasteiger partial charge >= 0.3 is 0 Å². The lowest BCUT2D eigenvalue weighted by molar-refractivity contribution is -0.154. The number of ether oxygens (including phenoxy) is 1. The second-order valence-electron chi connectivity index (χ2n) is 3.54. The number of hydrazine groups is 1. The Balaban J connectivity index is 2.22. The predicted molar refractivity (Wildman–Crippen MR) is 52.7 cm³/mol. The number of hydrogen-bond donors (Lipinski definition) is 3. The molecule has 0 saturated carbocycles. The molecule has 3 N–H and O–H groups in total. The summed E-state index contributed by atoms with van der Waals surface area (Å²) in [6, 6.07) is 6.61. The molecule has 1 amide bonds. The van der Waals surface area contributed by atoms with Gasteiger partial charge in [-0.25, -0.2) is 0 Å². The van der Waals surface area contributed by atoms with Crippen LogP contribution in [-0.2, 0) is 15.3 Å². The van der Waals surface area contributed by atoms with Crippen molar-refractivity contribution in [2.24, 2.45) is 0 Å². The summed E-state index contributed by atoms with van der Waals surface area (Å²) in [6.45, 7) is 1.82. The number of benzene rings is 1. The number of rotatable bonds is 1. The van der Waals surface area contributed by atoms with Crippen molar-refractivity contribution in [3.8, 4) is 5.75 Å². The molecule has 0 aromatic heterocycles. The van der Waals surface area contributed by atoms with Crippen molar-refractivity contribution in [3.63, 3.8) is 0 Å². The van der Waals surface area contributed by atoms with E-state index in [-0.39, 0.29) is 18.3 Å². The first-order valence-corrected chi connectivity index (χ1v) is 4.60. The average molecular weight is 208 g/mol. The van der Waals surface area contributed by atoms with Crippen LogP contribution in [0.15, 0.2) is 24.3 Å². The zero-order chi connectivity index (χ0) is 10.9. The highest BCUT2D eigenvalue weighted by Gasteiger charge is 2.32. The number of nitrogens with one attached hydrogen (secondary N) is 2. The summed E-state index contributed by atoms with van der Waals surface area (Å²) < 4.78 is 5.40. The van der Waals surface area contributed by atoms with Crippen molar-refractivity contribution >= 4 is 5.91 Å². The van der Waals surface area contributed by atoms with Crippen LogP contribution in [0.5, 0.6) is 5.75 Å². The normalized spacial score (nSPS) is 26.1. The molecule has 1 atom stereocenters. The van der Waals surface area contributed by atoms with Crippen molar-refractivity contribution in [2.45, 2.75) is 12.6 Å². The minimum absolute atomic E-state index is 0.0182. The van der Waals surface area contributed by atoms with E-state index in [0.29, 0.717) is 0 Å². The Morgan fingerprint density at radius 3 is 2.60 bits per heavy atom. The van der Waals surface area contributed by atoms with Crippen LogP contribution in [0.2, 0.25) is 0 Å². The fourth-order valence-corrected chi connectivity index (χ4v) is 1.41. The Kier molecular flexibility index (Phi) is 2.34. The van der Waals surface area contributed by atoms with Crippen molar-refractivity contribution in [1.82, 2.24) is 10.9 Å². The predicted octanol–water partition coefficient (Wildman–Crippen LogP) is 0.216. The quantitative estimate of drug-likeness (QED) is 0.617. The zero-order valence-corrected chi connectivity index (χ0v) is 8.28. The fourth-order valence-electron chi connectivity index (χ4n) is 1.41. The molecule has 1 aliphatic rings. The lowest BCUT2D eigenvalue weighted by atomic mass is 10.0. The maximum atomic E-state index is 10.9. The minimum Gasteiger partial charge on any atom is -0.508 e. The summed E-state index contributed by atoms with van der Waals surface area (Å²) >= 11 is 0. The highest BCUT2D eigenvalue weighted by molar-refractivity contribution is 5.77. The van der Waals surface area contributed by atoms with Crippen LogP contribution in [0.25, 0.3) is 0 Å². The first-order chi connectivity index (χ1) is 7.10. The SMILES string of the molecule is C[C@]1(c2ccc(O)cc2)NNC(=O)CO1. The van der Waals surface area contributed by atoms with Crippen LogP contribution < -0.4 is 10.9 Å². The molecule has 0 spiro atoms. The number of hydrogen-bond acceptors (Lipinski definition) is 4. The lowest BCUT2D eigenvalue weighted by Gasteiger charge is -2.35. The smallest absolute Gasteiger partial charge is 0.260 e. The van der Waals surface area contributed by atoms with E-state index in [4.69, 9.17) is 9.84 Å². The Bertz CT molecular complexity index is 365. The lowest BCUT2D eigenvalue weighted by Crippen LogP contribution is -2.58. The van der Waals surface area contributed by atoms with Gasteiger partial charge in [0, 0.05) is 5.56 Å². The second kappa shape index (κ2) is 3.52. The van der Waals surface area contributed by atoms with E-state index in [2.05, 4.69) is 10.9 Å². The molecular formula is C10H12N2O3. The molecule has 1 aliphatic heterocycles. The number of carbonyl (C=O) groups is 1. The summed E-state index contributed by atoms with van der Waals surface area (Å²) in [5.74, 6) is -0.00607. The van der Waals surface area contributed by atoms with Gasteiger partial charge in [0.1, 0.15) is 12.4 Å². The third-order valence-corrected chi connectivity index (χ3v) is 2.35. The standard InChI is InChI=1S/C10H12N2O3/c1-10(12-11-9(14)6-15-10)7-2-4-8(13)5-3-7/h2-5,12-13H,6H2,1H3,(H,11,14)/t10-/m0/s1. The molecule has 0 aliphatic carbocycles. The third-order valence-electron chi connectivity index (χ3n) is 2.35. The van der Waals surface area contributed by atoms with Gasteiger partial charge in [-0.15, -0.1) is 0 Å². The van der Waals surface area contributed by atoms with E-state index in [1.54, 1.807) is 31.2 Å². The van der Waals surface area contributed by atoms with E-state index in [1.807, 2.05) is 0 Å². The van der Waals surface area contributed by atoms with E-state index in [0.717, 1.165) is 5.56 Å². The molecular weight excluding hydrogens is 196 g/mol. The number of phenols is 1. The molecule has 2 rings (SSSR count). The molecule has 1 fully saturated rings. The van der Waals surface area contributed by atoms with Gasteiger partial charge in [0.2, 0.25) is 0 Å². The Hall–Kier alpha value is -1.59. The molecule has 15 heavy (non-hydrogen) atoms. The van der Waals surface area contributed by atoms with Gasteiger partial charge in [-0.3, -0.25) is 10.2 Å². The van der Waals surface area contributed by atoms with Crippen LogP contribution in [0, 0.1) is 0 Å².